The number of nitrogens with zero attached hydrogens (tertiary/aromatic N) is 3. The van der Waals surface area contributed by atoms with E-state index in [9.17, 15) is 17.6 Å². The summed E-state index contributed by atoms with van der Waals surface area (Å²) in [6, 6.07) is 13.5. The maximum absolute atomic E-state index is 13.3. The average molecular weight is 488 g/mol. The lowest BCUT2D eigenvalue weighted by atomic mass is 10.1. The highest BCUT2D eigenvalue weighted by molar-refractivity contribution is 8.00. The Morgan fingerprint density at radius 3 is 2.48 bits per heavy atom. The number of sulfone groups is 1. The summed E-state index contributed by atoms with van der Waals surface area (Å²) in [5.41, 5.74) is 1.41. The van der Waals surface area contributed by atoms with Crippen molar-refractivity contribution in [1.29, 1.82) is 0 Å². The number of rotatable bonds is 7. The van der Waals surface area contributed by atoms with Gasteiger partial charge in [0.2, 0.25) is 5.91 Å². The molecular formula is C24H26FN3O3S2. The second kappa shape index (κ2) is 9.77. The van der Waals surface area contributed by atoms with E-state index in [1.807, 2.05) is 38.1 Å². The van der Waals surface area contributed by atoms with Gasteiger partial charge < -0.3 is 4.90 Å². The molecule has 9 heteroatoms. The molecule has 0 spiro atoms. The summed E-state index contributed by atoms with van der Waals surface area (Å²) < 4.78 is 37.3. The first-order valence-corrected chi connectivity index (χ1v) is 13.8. The lowest BCUT2D eigenvalue weighted by Gasteiger charge is -2.33. The summed E-state index contributed by atoms with van der Waals surface area (Å²) >= 11 is 1.31. The average Bonchev–Trinajstić information content (AvgIpc) is 3.17. The Hall–Kier alpha value is -2.52. The van der Waals surface area contributed by atoms with Crippen LogP contribution >= 0.6 is 11.8 Å². The third-order valence-corrected chi connectivity index (χ3v) is 8.78. The maximum atomic E-state index is 13.3. The van der Waals surface area contributed by atoms with Gasteiger partial charge >= 0.3 is 0 Å². The summed E-state index contributed by atoms with van der Waals surface area (Å²) in [6.45, 7) is 3.95. The number of fused-ring (bicyclic) bond motifs is 1. The summed E-state index contributed by atoms with van der Waals surface area (Å²) in [4.78, 5) is 14.9. The van der Waals surface area contributed by atoms with E-state index in [-0.39, 0.29) is 41.1 Å². The van der Waals surface area contributed by atoms with Crippen molar-refractivity contribution in [2.75, 3.05) is 17.3 Å². The Balaban J connectivity index is 1.58. The number of hydrogen-bond acceptors (Lipinski definition) is 6. The molecule has 0 saturated carbocycles. The van der Waals surface area contributed by atoms with Gasteiger partial charge in [-0.25, -0.2) is 12.8 Å². The molecule has 2 aromatic carbocycles. The lowest BCUT2D eigenvalue weighted by Crippen LogP contribution is -2.47. The van der Waals surface area contributed by atoms with Crippen LogP contribution in [0.1, 0.15) is 26.7 Å². The van der Waals surface area contributed by atoms with Crippen LogP contribution in [0.3, 0.4) is 0 Å². The first kappa shape index (κ1) is 23.6. The number of benzene rings is 2. The fourth-order valence-electron chi connectivity index (χ4n) is 4.21. The van der Waals surface area contributed by atoms with Crippen LogP contribution < -0.4 is 0 Å². The number of carbonyl (C=O) groups is 1. The van der Waals surface area contributed by atoms with Gasteiger partial charge in [-0.1, -0.05) is 43.0 Å². The number of aromatic nitrogens is 2. The Morgan fingerprint density at radius 1 is 1.15 bits per heavy atom. The number of halogens is 1. The van der Waals surface area contributed by atoms with Gasteiger partial charge in [0.25, 0.3) is 0 Å². The van der Waals surface area contributed by atoms with Crippen molar-refractivity contribution < 1.29 is 17.6 Å². The van der Waals surface area contributed by atoms with Crippen molar-refractivity contribution in [2.45, 2.75) is 43.8 Å². The van der Waals surface area contributed by atoms with E-state index >= 15 is 0 Å². The van der Waals surface area contributed by atoms with Crippen molar-refractivity contribution in [3.8, 4) is 11.3 Å². The van der Waals surface area contributed by atoms with Gasteiger partial charge in [0.15, 0.2) is 9.84 Å². The van der Waals surface area contributed by atoms with Crippen molar-refractivity contribution in [2.24, 2.45) is 0 Å². The molecule has 4 rings (SSSR count). The van der Waals surface area contributed by atoms with E-state index in [0.29, 0.717) is 17.1 Å². The van der Waals surface area contributed by atoms with Gasteiger partial charge in [-0.2, -0.15) is 0 Å². The van der Waals surface area contributed by atoms with Gasteiger partial charge in [0.1, 0.15) is 16.5 Å². The number of amides is 1. The molecule has 0 unspecified atom stereocenters. The van der Waals surface area contributed by atoms with Crippen LogP contribution in [-0.4, -0.2) is 58.8 Å². The molecule has 0 radical (unpaired) electrons. The monoisotopic (exact) mass is 487 g/mol. The zero-order chi connectivity index (χ0) is 23.6. The Kier molecular flexibility index (Phi) is 6.99. The molecule has 2 heterocycles. The minimum absolute atomic E-state index is 0.0306. The molecule has 1 amide bonds. The zero-order valence-corrected chi connectivity index (χ0v) is 20.2. The van der Waals surface area contributed by atoms with Gasteiger partial charge in [-0.3, -0.25) is 4.79 Å². The first-order valence-electron chi connectivity index (χ1n) is 10.9. The molecule has 1 fully saturated rings. The smallest absolute Gasteiger partial charge is 0.233 e. The normalized spacial score (nSPS) is 18.3. The molecule has 174 valence electrons. The van der Waals surface area contributed by atoms with E-state index in [2.05, 4.69) is 10.2 Å². The molecule has 1 aliphatic heterocycles. The molecular weight excluding hydrogens is 461 g/mol. The predicted molar refractivity (Wildman–Crippen MR) is 129 cm³/mol. The molecule has 1 aromatic heterocycles. The maximum Gasteiger partial charge on any atom is 0.233 e. The number of thioether (sulfide) groups is 1. The van der Waals surface area contributed by atoms with Crippen LogP contribution in [0.5, 0.6) is 0 Å². The third-order valence-electron chi connectivity index (χ3n) is 6.06. The summed E-state index contributed by atoms with van der Waals surface area (Å²) in [5, 5.41) is 11.1. The third kappa shape index (κ3) is 5.19. The SMILES string of the molecule is CC[C@H](C)N(C(=O)CSc1nnc(-c2ccc(F)cc2)c2ccccc12)[C@@H]1CCS(=O)(=O)C1. The summed E-state index contributed by atoms with van der Waals surface area (Å²) in [7, 11) is -3.09. The zero-order valence-electron chi connectivity index (χ0n) is 18.6. The molecule has 1 saturated heterocycles. The molecule has 33 heavy (non-hydrogen) atoms. The Labute approximate surface area is 197 Å². The van der Waals surface area contributed by atoms with Crippen LogP contribution in [0, 0.1) is 5.82 Å². The van der Waals surface area contributed by atoms with Crippen molar-refractivity contribution in [3.05, 3.63) is 54.3 Å². The number of carbonyl (C=O) groups excluding carboxylic acids is 1. The molecule has 2 atom stereocenters. The molecule has 0 aliphatic carbocycles. The highest BCUT2D eigenvalue weighted by Gasteiger charge is 2.36. The van der Waals surface area contributed by atoms with Crippen LogP contribution in [0.25, 0.3) is 22.0 Å². The fraction of sp³-hybridized carbons (Fsp3) is 0.375. The van der Waals surface area contributed by atoms with Crippen LogP contribution in [-0.2, 0) is 14.6 Å². The molecule has 1 aliphatic rings. The van der Waals surface area contributed by atoms with Crippen molar-refractivity contribution in [3.63, 3.8) is 0 Å². The molecule has 0 N–H and O–H groups in total. The van der Waals surface area contributed by atoms with Gasteiger partial charge in [-0.15, -0.1) is 10.2 Å². The van der Waals surface area contributed by atoms with Crippen molar-refractivity contribution >= 4 is 38.3 Å². The Bertz CT molecular complexity index is 1270. The van der Waals surface area contributed by atoms with Crippen LogP contribution in [0.4, 0.5) is 4.39 Å². The second-order valence-corrected chi connectivity index (χ2v) is 11.5. The largest absolute Gasteiger partial charge is 0.335 e. The predicted octanol–water partition coefficient (Wildman–Crippen LogP) is 4.34. The molecule has 3 aromatic rings. The van der Waals surface area contributed by atoms with E-state index in [4.69, 9.17) is 0 Å². The standard InChI is InChI=1S/C24H26FN3O3S2/c1-3-16(2)28(19-12-13-33(30,31)15-19)22(29)14-32-24-21-7-5-4-6-20(21)23(26-27-24)17-8-10-18(25)11-9-17/h4-11,16,19H,3,12-15H2,1-2H3/t16-,19+/m0/s1. The van der Waals surface area contributed by atoms with E-state index < -0.39 is 9.84 Å². The highest BCUT2D eigenvalue weighted by atomic mass is 32.2. The fourth-order valence-corrected chi connectivity index (χ4v) is 6.76. The highest BCUT2D eigenvalue weighted by Crippen LogP contribution is 2.32. The lowest BCUT2D eigenvalue weighted by molar-refractivity contribution is -0.132. The minimum atomic E-state index is -3.09. The number of hydrogen-bond donors (Lipinski definition) is 0. The van der Waals surface area contributed by atoms with Gasteiger partial charge in [-0.05, 0) is 44.0 Å². The van der Waals surface area contributed by atoms with E-state index in [0.717, 1.165) is 22.8 Å². The topological polar surface area (TPSA) is 80.2 Å². The van der Waals surface area contributed by atoms with Gasteiger partial charge in [0, 0.05) is 28.4 Å². The summed E-state index contributed by atoms with van der Waals surface area (Å²) in [6.07, 6.45) is 1.24. The second-order valence-electron chi connectivity index (χ2n) is 8.31. The first-order chi connectivity index (χ1) is 15.8. The van der Waals surface area contributed by atoms with Crippen LogP contribution in [0.15, 0.2) is 53.6 Å². The summed E-state index contributed by atoms with van der Waals surface area (Å²) in [5.74, 6) is -0.0998. The van der Waals surface area contributed by atoms with E-state index in [1.165, 1.54) is 23.9 Å². The molecule has 6 nitrogen and oxygen atoms in total. The van der Waals surface area contributed by atoms with Crippen molar-refractivity contribution in [1.82, 2.24) is 15.1 Å². The Morgan fingerprint density at radius 2 is 1.85 bits per heavy atom. The van der Waals surface area contributed by atoms with E-state index in [1.54, 1.807) is 17.0 Å². The quantitative estimate of drug-likeness (QED) is 0.461. The minimum Gasteiger partial charge on any atom is -0.335 e. The van der Waals surface area contributed by atoms with Gasteiger partial charge in [0.05, 0.1) is 17.3 Å². The molecule has 0 bridgehead atoms. The van der Waals surface area contributed by atoms with Crippen LogP contribution in [0.2, 0.25) is 0 Å².